The van der Waals surface area contributed by atoms with Crippen molar-refractivity contribution in [3.8, 4) is 18.4 Å². The molecule has 1 fully saturated rings. The summed E-state index contributed by atoms with van der Waals surface area (Å²) in [6.45, 7) is 5.57. The number of hydrogen-bond donors (Lipinski definition) is 2. The van der Waals surface area contributed by atoms with Gasteiger partial charge in [0.05, 0.1) is 6.54 Å². The van der Waals surface area contributed by atoms with E-state index in [-0.39, 0.29) is 17.7 Å². The van der Waals surface area contributed by atoms with E-state index in [4.69, 9.17) is 6.42 Å². The van der Waals surface area contributed by atoms with Gasteiger partial charge in [0.2, 0.25) is 0 Å². The summed E-state index contributed by atoms with van der Waals surface area (Å²) in [6.07, 6.45) is 11.7. The maximum Gasteiger partial charge on any atom is 0.270 e. The Kier molecular flexibility index (Phi) is 8.88. The highest BCUT2D eigenvalue weighted by molar-refractivity contribution is 7.07. The molecule has 2 heterocycles. The van der Waals surface area contributed by atoms with Gasteiger partial charge >= 0.3 is 0 Å². The fourth-order valence-corrected chi connectivity index (χ4v) is 4.93. The van der Waals surface area contributed by atoms with Crippen molar-refractivity contribution in [1.82, 2.24) is 14.8 Å². The highest BCUT2D eigenvalue weighted by atomic mass is 32.1. The number of aromatic nitrogens is 1. The number of anilines is 1. The van der Waals surface area contributed by atoms with E-state index in [1.54, 1.807) is 13.1 Å². The highest BCUT2D eigenvalue weighted by Crippen LogP contribution is 2.13. The monoisotopic (exact) mass is 463 g/mol. The minimum atomic E-state index is -0.584. The average molecular weight is 464 g/mol. The fraction of sp³-hybridized carbons (Fsp3) is 0.400. The van der Waals surface area contributed by atoms with Crippen LogP contribution in [0, 0.1) is 23.7 Å². The van der Waals surface area contributed by atoms with Crippen LogP contribution >= 0.6 is 11.3 Å². The van der Waals surface area contributed by atoms with Crippen LogP contribution in [0.3, 0.4) is 0 Å². The number of carbonyl (C=O) groups is 1. The van der Waals surface area contributed by atoms with Crippen molar-refractivity contribution in [3.63, 3.8) is 0 Å². The zero-order valence-electron chi connectivity index (χ0n) is 18.9. The Morgan fingerprint density at radius 3 is 2.79 bits per heavy atom. The van der Waals surface area contributed by atoms with Gasteiger partial charge in [-0.3, -0.25) is 14.2 Å². The molecule has 0 radical (unpaired) electrons. The molecule has 1 aromatic heterocycles. The van der Waals surface area contributed by atoms with Gasteiger partial charge in [0.15, 0.2) is 5.57 Å². The SMILES string of the molecule is C#CCNC(=O)C(C#N)=c1sc(=CNc2cccc(CCN3CCCCC3)c2)c(=O)n1CC. The molecule has 0 spiro atoms. The van der Waals surface area contributed by atoms with Crippen LogP contribution in [0.4, 0.5) is 5.69 Å². The second kappa shape index (κ2) is 12.1. The lowest BCUT2D eigenvalue weighted by Gasteiger charge is -2.26. The van der Waals surface area contributed by atoms with Gasteiger partial charge in [-0.1, -0.05) is 24.5 Å². The molecule has 0 aliphatic carbocycles. The van der Waals surface area contributed by atoms with E-state index < -0.39 is 5.91 Å². The second-order valence-corrected chi connectivity index (χ2v) is 8.87. The Hall–Kier alpha value is -3.33. The topological polar surface area (TPSA) is 90.2 Å². The smallest absolute Gasteiger partial charge is 0.270 e. The number of carbonyl (C=O) groups excluding carboxylic acids is 1. The molecule has 0 atom stereocenters. The Morgan fingerprint density at radius 2 is 2.09 bits per heavy atom. The standard InChI is InChI=1S/C25H29N5O2S/c1-3-12-27-23(31)21(17-26)25-30(4-2)24(32)22(33-25)18-28-20-10-8-9-19(16-20)11-15-29-13-6-5-7-14-29/h1,8-10,16,18,28H,4-7,11-15H2,2H3,(H,27,31). The molecule has 1 aliphatic heterocycles. The number of rotatable bonds is 8. The summed E-state index contributed by atoms with van der Waals surface area (Å²) >= 11 is 1.11. The Morgan fingerprint density at radius 1 is 1.30 bits per heavy atom. The lowest BCUT2D eigenvalue weighted by Crippen LogP contribution is -2.34. The first-order valence-electron chi connectivity index (χ1n) is 11.2. The fourth-order valence-electron chi connectivity index (χ4n) is 3.84. The zero-order valence-corrected chi connectivity index (χ0v) is 19.7. The quantitative estimate of drug-likeness (QED) is 0.575. The number of nitrogens with one attached hydrogen (secondary N) is 2. The third kappa shape index (κ3) is 6.35. The maximum atomic E-state index is 12.9. The molecule has 1 amide bonds. The molecule has 3 rings (SSSR count). The van der Waals surface area contributed by atoms with Crippen LogP contribution < -0.4 is 25.4 Å². The number of benzene rings is 1. The molecule has 7 nitrogen and oxygen atoms in total. The van der Waals surface area contributed by atoms with Crippen molar-refractivity contribution in [1.29, 1.82) is 5.26 Å². The molecule has 33 heavy (non-hydrogen) atoms. The van der Waals surface area contributed by atoms with E-state index in [0.717, 1.165) is 30.0 Å². The van der Waals surface area contributed by atoms with Crippen molar-refractivity contribution in [2.75, 3.05) is 31.5 Å². The molecule has 1 saturated heterocycles. The zero-order chi connectivity index (χ0) is 23.6. The molecule has 2 N–H and O–H groups in total. The summed E-state index contributed by atoms with van der Waals surface area (Å²) in [4.78, 5) is 27.7. The maximum absolute atomic E-state index is 12.9. The van der Waals surface area contributed by atoms with E-state index in [1.807, 2.05) is 18.2 Å². The van der Waals surface area contributed by atoms with Crippen LogP contribution in [-0.4, -0.2) is 41.6 Å². The van der Waals surface area contributed by atoms with Gasteiger partial charge in [0.25, 0.3) is 11.5 Å². The van der Waals surface area contributed by atoms with Gasteiger partial charge in [-0.05, 0) is 57.0 Å². The summed E-state index contributed by atoms with van der Waals surface area (Å²) < 4.78 is 2.17. The number of nitrogens with zero attached hydrogens (tertiary/aromatic N) is 3. The van der Waals surface area contributed by atoms with E-state index in [9.17, 15) is 14.9 Å². The molecule has 172 valence electrons. The number of likely N-dealkylation sites (tertiary alicyclic amines) is 1. The van der Waals surface area contributed by atoms with E-state index in [2.05, 4.69) is 33.6 Å². The number of piperidine rings is 1. The Bertz CT molecular complexity index is 1240. The van der Waals surface area contributed by atoms with E-state index in [1.165, 1.54) is 42.5 Å². The van der Waals surface area contributed by atoms with Gasteiger partial charge in [-0.2, -0.15) is 5.26 Å². The summed E-state index contributed by atoms with van der Waals surface area (Å²) in [5.41, 5.74) is 1.76. The van der Waals surface area contributed by atoms with Gasteiger partial charge in [0, 0.05) is 25.0 Å². The van der Waals surface area contributed by atoms with Crippen LogP contribution in [-0.2, 0) is 17.8 Å². The molecule has 0 unspecified atom stereocenters. The number of hydrogen-bond acceptors (Lipinski definition) is 6. The molecular weight excluding hydrogens is 434 g/mol. The highest BCUT2D eigenvalue weighted by Gasteiger charge is 2.14. The number of thiazole rings is 1. The van der Waals surface area contributed by atoms with Gasteiger partial charge in [-0.25, -0.2) is 0 Å². The predicted octanol–water partition coefficient (Wildman–Crippen LogP) is 1.23. The van der Waals surface area contributed by atoms with Crippen molar-refractivity contribution >= 4 is 34.7 Å². The minimum absolute atomic E-state index is 0.0143. The predicted molar refractivity (Wildman–Crippen MR) is 133 cm³/mol. The minimum Gasteiger partial charge on any atom is -0.360 e. The molecule has 8 heteroatoms. The lowest BCUT2D eigenvalue weighted by molar-refractivity contribution is -0.115. The van der Waals surface area contributed by atoms with Gasteiger partial charge < -0.3 is 15.5 Å². The van der Waals surface area contributed by atoms with Crippen molar-refractivity contribution in [2.45, 2.75) is 39.2 Å². The van der Waals surface area contributed by atoms with Crippen LogP contribution in [0.2, 0.25) is 0 Å². The van der Waals surface area contributed by atoms with Crippen LogP contribution in [0.15, 0.2) is 29.1 Å². The van der Waals surface area contributed by atoms with Crippen LogP contribution in [0.1, 0.15) is 31.7 Å². The third-order valence-corrected chi connectivity index (χ3v) is 6.72. The number of amides is 1. The van der Waals surface area contributed by atoms with E-state index in [0.29, 0.717) is 15.7 Å². The first kappa shape index (κ1) is 24.3. The molecular formula is C25H29N5O2S. The molecule has 0 bridgehead atoms. The normalized spacial score (nSPS) is 15.4. The average Bonchev–Trinajstić information content (AvgIpc) is 3.16. The van der Waals surface area contributed by atoms with Crippen molar-refractivity contribution in [3.05, 3.63) is 49.4 Å². The van der Waals surface area contributed by atoms with Crippen LogP contribution in [0.5, 0.6) is 0 Å². The molecule has 2 aromatic rings. The Labute approximate surface area is 198 Å². The summed E-state index contributed by atoms with van der Waals surface area (Å²) in [5.74, 6) is 1.72. The van der Waals surface area contributed by atoms with Crippen LogP contribution in [0.25, 0.3) is 11.8 Å². The second-order valence-electron chi connectivity index (χ2n) is 7.84. The van der Waals surface area contributed by atoms with Crippen molar-refractivity contribution in [2.24, 2.45) is 0 Å². The number of terminal acetylenes is 1. The molecule has 1 aromatic carbocycles. The summed E-state index contributed by atoms with van der Waals surface area (Å²) in [5, 5.41) is 15.2. The lowest BCUT2D eigenvalue weighted by atomic mass is 10.1. The first-order chi connectivity index (χ1) is 16.1. The van der Waals surface area contributed by atoms with Gasteiger partial charge in [0.1, 0.15) is 15.3 Å². The summed E-state index contributed by atoms with van der Waals surface area (Å²) in [6, 6.07) is 10.1. The first-order valence-corrected chi connectivity index (χ1v) is 12.0. The van der Waals surface area contributed by atoms with Crippen molar-refractivity contribution < 1.29 is 4.79 Å². The van der Waals surface area contributed by atoms with Gasteiger partial charge in [-0.15, -0.1) is 17.8 Å². The Balaban J connectivity index is 1.82. The largest absolute Gasteiger partial charge is 0.360 e. The number of nitriles is 1. The van der Waals surface area contributed by atoms with E-state index >= 15 is 0 Å². The molecule has 0 saturated carbocycles. The molecule has 1 aliphatic rings. The third-order valence-electron chi connectivity index (χ3n) is 5.59. The summed E-state index contributed by atoms with van der Waals surface area (Å²) in [7, 11) is 0.